The number of carbonyl (C=O) groups is 1. The van der Waals surface area contributed by atoms with Gasteiger partial charge in [-0.05, 0) is 36.2 Å². The molecule has 0 saturated carbocycles. The van der Waals surface area contributed by atoms with Gasteiger partial charge in [0.25, 0.3) is 11.7 Å². The number of thioether (sulfide) groups is 1. The van der Waals surface area contributed by atoms with Gasteiger partial charge in [-0.15, -0.1) is 0 Å². The topological polar surface area (TPSA) is 66.0 Å². The molecule has 0 aliphatic heterocycles. The third-order valence-corrected chi connectivity index (χ3v) is 4.01. The molecule has 0 spiro atoms. The predicted molar refractivity (Wildman–Crippen MR) is 94.0 cm³/mol. The molecule has 0 bridgehead atoms. The van der Waals surface area contributed by atoms with Crippen LogP contribution in [0.2, 0.25) is 0 Å². The monoisotopic (exact) mass is 362 g/mol. The molecule has 1 aromatic heterocycles. The van der Waals surface area contributed by atoms with Crippen LogP contribution in [0.15, 0.2) is 46.4 Å². The van der Waals surface area contributed by atoms with Gasteiger partial charge in [0.2, 0.25) is 0 Å². The van der Waals surface area contributed by atoms with Crippen LogP contribution in [0.1, 0.15) is 24.0 Å². The van der Waals surface area contributed by atoms with Crippen molar-refractivity contribution in [1.82, 2.24) is 0 Å². The zero-order chi connectivity index (χ0) is 18.2. The zero-order valence-electron chi connectivity index (χ0n) is 13.5. The first-order valence-corrected chi connectivity index (χ1v) is 8.57. The number of hydrogen-bond acceptors (Lipinski definition) is 4. The van der Waals surface area contributed by atoms with Crippen LogP contribution in [0.5, 0.6) is 0 Å². The molecule has 2 aromatic rings. The number of anilines is 1. The lowest BCUT2D eigenvalue weighted by molar-refractivity contribution is -0.112. The van der Waals surface area contributed by atoms with Crippen molar-refractivity contribution < 1.29 is 18.0 Å². The molecule has 1 heterocycles. The average molecular weight is 362 g/mol. The van der Waals surface area contributed by atoms with E-state index in [1.54, 1.807) is 12.1 Å². The highest BCUT2D eigenvalue weighted by atomic mass is 32.2. The first-order chi connectivity index (χ1) is 12.0. The summed E-state index contributed by atoms with van der Waals surface area (Å²) in [5, 5.41) is 11.8. The van der Waals surface area contributed by atoms with E-state index in [0.717, 1.165) is 12.0 Å². The lowest BCUT2D eigenvalue weighted by Gasteiger charge is -2.05. The van der Waals surface area contributed by atoms with Crippen LogP contribution < -0.4 is 5.32 Å². The minimum Gasteiger partial charge on any atom is -0.461 e. The van der Waals surface area contributed by atoms with Gasteiger partial charge in [0.15, 0.2) is 0 Å². The number of alkyl halides is 2. The Morgan fingerprint density at radius 2 is 2.04 bits per heavy atom. The molecule has 25 heavy (non-hydrogen) atoms. The number of carbonyl (C=O) groups excluding carboxylic acids is 1. The fraction of sp³-hybridized carbons (Fsp3) is 0.222. The van der Waals surface area contributed by atoms with E-state index in [-0.39, 0.29) is 17.1 Å². The maximum Gasteiger partial charge on any atom is 0.284 e. The number of nitriles is 1. The molecule has 2 rings (SSSR count). The second-order valence-corrected chi connectivity index (χ2v) is 6.03. The number of halogens is 2. The molecule has 0 saturated heterocycles. The Hall–Kier alpha value is -2.59. The molecule has 0 atom stereocenters. The summed E-state index contributed by atoms with van der Waals surface area (Å²) in [6, 6.07) is 12.2. The molecular formula is C18H16F2N2O2S. The molecule has 1 amide bonds. The van der Waals surface area contributed by atoms with E-state index in [0.29, 0.717) is 23.2 Å². The number of rotatable bonds is 7. The van der Waals surface area contributed by atoms with Crippen molar-refractivity contribution in [3.63, 3.8) is 0 Å². The van der Waals surface area contributed by atoms with Crippen LogP contribution in [0.4, 0.5) is 14.5 Å². The summed E-state index contributed by atoms with van der Waals surface area (Å²) >= 11 is 0.441. The van der Waals surface area contributed by atoms with E-state index >= 15 is 0 Å². The highest BCUT2D eigenvalue weighted by Crippen LogP contribution is 2.22. The van der Waals surface area contributed by atoms with Gasteiger partial charge in [0, 0.05) is 11.8 Å². The third kappa shape index (κ3) is 5.76. The molecule has 7 heteroatoms. The third-order valence-electron chi connectivity index (χ3n) is 3.31. The quantitative estimate of drug-likeness (QED) is 0.565. The van der Waals surface area contributed by atoms with Crippen LogP contribution >= 0.6 is 11.8 Å². The molecule has 0 radical (unpaired) electrons. The van der Waals surface area contributed by atoms with Crippen molar-refractivity contribution in [1.29, 1.82) is 5.26 Å². The molecule has 4 nitrogen and oxygen atoms in total. The van der Waals surface area contributed by atoms with E-state index in [2.05, 4.69) is 5.32 Å². The fourth-order valence-electron chi connectivity index (χ4n) is 2.01. The van der Waals surface area contributed by atoms with Crippen molar-refractivity contribution >= 4 is 29.4 Å². The van der Waals surface area contributed by atoms with Gasteiger partial charge in [-0.25, -0.2) is 0 Å². The molecule has 0 fully saturated rings. The maximum absolute atomic E-state index is 12.2. The summed E-state index contributed by atoms with van der Waals surface area (Å²) in [6.07, 6.45) is 2.18. The fourth-order valence-corrected chi connectivity index (χ4v) is 2.45. The van der Waals surface area contributed by atoms with Crippen LogP contribution in [-0.2, 0) is 17.0 Å². The van der Waals surface area contributed by atoms with E-state index < -0.39 is 11.7 Å². The Morgan fingerprint density at radius 1 is 1.32 bits per heavy atom. The van der Waals surface area contributed by atoms with E-state index in [9.17, 15) is 18.8 Å². The first-order valence-electron chi connectivity index (χ1n) is 7.52. The number of aryl methyl sites for hydroxylation is 1. The number of benzene rings is 1. The second kappa shape index (κ2) is 9.04. The summed E-state index contributed by atoms with van der Waals surface area (Å²) in [5.74, 6) is -2.42. The number of nitrogens with one attached hydrogen (secondary N) is 1. The molecule has 0 aliphatic rings. The van der Waals surface area contributed by atoms with Gasteiger partial charge < -0.3 is 9.73 Å². The normalized spacial score (nSPS) is 11.4. The van der Waals surface area contributed by atoms with Gasteiger partial charge in [0.05, 0.1) is 5.75 Å². The molecule has 1 N–H and O–H groups in total. The standard InChI is InChI=1S/C18H16F2N2O2S/c1-2-12-3-5-14(6-4-12)22-17(23)13(10-21)9-15-7-8-16(24-15)11-25-18(19)20/h3-9,18H,2,11H2,1H3,(H,22,23)/b13-9+. The maximum atomic E-state index is 12.2. The van der Waals surface area contributed by atoms with Gasteiger partial charge in [-0.3, -0.25) is 4.79 Å². The lowest BCUT2D eigenvalue weighted by Crippen LogP contribution is -2.13. The highest BCUT2D eigenvalue weighted by molar-refractivity contribution is 7.98. The van der Waals surface area contributed by atoms with Gasteiger partial charge in [-0.2, -0.15) is 14.0 Å². The molecule has 0 aliphatic carbocycles. The Bertz CT molecular complexity index is 792. The van der Waals surface area contributed by atoms with Crippen molar-refractivity contribution in [2.75, 3.05) is 5.32 Å². The summed E-state index contributed by atoms with van der Waals surface area (Å²) in [5.41, 5.74) is 1.58. The highest BCUT2D eigenvalue weighted by Gasteiger charge is 2.12. The van der Waals surface area contributed by atoms with Gasteiger partial charge in [-0.1, -0.05) is 30.8 Å². The van der Waals surface area contributed by atoms with Gasteiger partial charge >= 0.3 is 0 Å². The Kier molecular flexibility index (Phi) is 6.78. The van der Waals surface area contributed by atoms with Crippen LogP contribution in [0, 0.1) is 11.3 Å². The van der Waals surface area contributed by atoms with Crippen LogP contribution in [0.25, 0.3) is 6.08 Å². The summed E-state index contributed by atoms with van der Waals surface area (Å²) < 4.78 is 29.7. The number of amides is 1. The van der Waals surface area contributed by atoms with Crippen LogP contribution in [-0.4, -0.2) is 11.7 Å². The number of furan rings is 1. The molecule has 130 valence electrons. The van der Waals surface area contributed by atoms with E-state index in [1.807, 2.05) is 25.1 Å². The van der Waals surface area contributed by atoms with E-state index in [1.165, 1.54) is 18.2 Å². The number of hydrogen-bond donors (Lipinski definition) is 1. The second-order valence-electron chi connectivity index (χ2n) is 5.05. The minimum absolute atomic E-state index is 0.0172. The molecular weight excluding hydrogens is 346 g/mol. The first kappa shape index (κ1) is 18.7. The Balaban J connectivity index is 2.05. The van der Waals surface area contributed by atoms with Crippen molar-refractivity contribution in [2.24, 2.45) is 0 Å². The van der Waals surface area contributed by atoms with Crippen molar-refractivity contribution in [3.05, 3.63) is 59.1 Å². The lowest BCUT2D eigenvalue weighted by atomic mass is 10.1. The Labute approximate surface area is 148 Å². The predicted octanol–water partition coefficient (Wildman–Crippen LogP) is 4.84. The van der Waals surface area contributed by atoms with Crippen molar-refractivity contribution in [2.45, 2.75) is 24.9 Å². The summed E-state index contributed by atoms with van der Waals surface area (Å²) in [7, 11) is 0. The number of nitrogens with zero attached hydrogens (tertiary/aromatic N) is 1. The van der Waals surface area contributed by atoms with E-state index in [4.69, 9.17) is 4.42 Å². The smallest absolute Gasteiger partial charge is 0.284 e. The zero-order valence-corrected chi connectivity index (χ0v) is 14.3. The average Bonchev–Trinajstić information content (AvgIpc) is 3.06. The molecule has 0 unspecified atom stereocenters. The summed E-state index contributed by atoms with van der Waals surface area (Å²) in [4.78, 5) is 12.2. The van der Waals surface area contributed by atoms with Crippen LogP contribution in [0.3, 0.4) is 0 Å². The Morgan fingerprint density at radius 3 is 2.64 bits per heavy atom. The molecule has 1 aromatic carbocycles. The SMILES string of the molecule is CCc1ccc(NC(=O)/C(C#N)=C/c2ccc(CSC(F)F)o2)cc1. The largest absolute Gasteiger partial charge is 0.461 e. The van der Waals surface area contributed by atoms with Gasteiger partial charge in [0.1, 0.15) is 23.2 Å². The summed E-state index contributed by atoms with van der Waals surface area (Å²) in [6.45, 7) is 2.03. The minimum atomic E-state index is -2.48. The van der Waals surface area contributed by atoms with Crippen molar-refractivity contribution in [3.8, 4) is 6.07 Å².